The number of hydrogen-bond donors (Lipinski definition) is 1. The Morgan fingerprint density at radius 2 is 2.36 bits per heavy atom. The third-order valence-corrected chi connectivity index (χ3v) is 2.66. The summed E-state index contributed by atoms with van der Waals surface area (Å²) in [5.41, 5.74) is 0.724. The van der Waals surface area contributed by atoms with Gasteiger partial charge in [-0.2, -0.15) is 5.10 Å². The molecule has 2 aromatic heterocycles. The van der Waals surface area contributed by atoms with E-state index in [1.165, 1.54) is 10.9 Å². The van der Waals surface area contributed by atoms with E-state index in [-0.39, 0.29) is 5.69 Å². The van der Waals surface area contributed by atoms with Gasteiger partial charge in [-0.1, -0.05) is 0 Å². The second kappa shape index (κ2) is 3.38. The molecule has 0 fully saturated rings. The molecule has 2 aromatic rings. The second-order valence-corrected chi connectivity index (χ2v) is 3.68. The molecule has 0 aliphatic heterocycles. The van der Waals surface area contributed by atoms with Crippen LogP contribution in [0.25, 0.3) is 5.82 Å². The summed E-state index contributed by atoms with van der Waals surface area (Å²) in [7, 11) is 0. The minimum atomic E-state index is -0.292. The first-order valence-corrected chi connectivity index (χ1v) is 4.72. The zero-order chi connectivity index (χ0) is 10.1. The Balaban J connectivity index is 2.59. The van der Waals surface area contributed by atoms with E-state index in [4.69, 9.17) is 0 Å². The number of pyridine rings is 1. The molecule has 0 aliphatic rings. The van der Waals surface area contributed by atoms with Gasteiger partial charge in [-0.15, -0.1) is 0 Å². The smallest absolute Gasteiger partial charge is 0.246 e. The highest BCUT2D eigenvalue weighted by atomic mass is 79.9. The molecule has 0 aliphatic carbocycles. The summed E-state index contributed by atoms with van der Waals surface area (Å²) in [6.07, 6.45) is 3.06. The lowest BCUT2D eigenvalue weighted by Gasteiger charge is -2.01. The van der Waals surface area contributed by atoms with E-state index >= 15 is 0 Å². The first kappa shape index (κ1) is 9.14. The molecule has 5 nitrogen and oxygen atoms in total. The van der Waals surface area contributed by atoms with Crippen LogP contribution in [-0.2, 0) is 0 Å². The Bertz CT molecular complexity index is 516. The molecule has 72 valence electrons. The predicted molar refractivity (Wildman–Crippen MR) is 54.4 cm³/mol. The second-order valence-electron chi connectivity index (χ2n) is 2.82. The zero-order valence-electron chi connectivity index (χ0n) is 7.36. The van der Waals surface area contributed by atoms with Gasteiger partial charge in [-0.05, 0) is 34.5 Å². The number of nitrogens with one attached hydrogen (secondary N) is 1. The molecule has 0 unspecified atom stereocenters. The van der Waals surface area contributed by atoms with Crippen LogP contribution in [0.3, 0.4) is 0 Å². The van der Waals surface area contributed by atoms with E-state index in [0.717, 1.165) is 10.0 Å². The van der Waals surface area contributed by atoms with Gasteiger partial charge >= 0.3 is 5.69 Å². The van der Waals surface area contributed by atoms with Crippen molar-refractivity contribution in [3.8, 4) is 5.82 Å². The molecular formula is C8H7BrN4O. The lowest BCUT2D eigenvalue weighted by molar-refractivity contribution is 0.934. The number of aromatic nitrogens is 4. The molecule has 1 N–H and O–H groups in total. The minimum absolute atomic E-state index is 0.292. The van der Waals surface area contributed by atoms with Crippen LogP contribution in [0.15, 0.2) is 27.9 Å². The molecule has 0 atom stereocenters. The Hall–Kier alpha value is -1.43. The summed E-state index contributed by atoms with van der Waals surface area (Å²) >= 11 is 3.34. The van der Waals surface area contributed by atoms with Crippen LogP contribution in [0.1, 0.15) is 5.56 Å². The maximum atomic E-state index is 11.2. The zero-order valence-corrected chi connectivity index (χ0v) is 8.95. The summed E-state index contributed by atoms with van der Waals surface area (Å²) < 4.78 is 2.26. The van der Waals surface area contributed by atoms with Crippen LogP contribution in [0.5, 0.6) is 0 Å². The molecule has 14 heavy (non-hydrogen) atoms. The SMILES string of the molecule is Cc1cc(-n2cn[nH]c2=O)ncc1Br. The van der Waals surface area contributed by atoms with Crippen LogP contribution in [0, 0.1) is 6.92 Å². The summed E-state index contributed by atoms with van der Waals surface area (Å²) in [5, 5.41) is 5.93. The van der Waals surface area contributed by atoms with Crippen molar-refractivity contribution in [2.75, 3.05) is 0 Å². The molecule has 0 radical (unpaired) electrons. The van der Waals surface area contributed by atoms with Crippen LogP contribution < -0.4 is 5.69 Å². The van der Waals surface area contributed by atoms with E-state index in [1.54, 1.807) is 12.3 Å². The van der Waals surface area contributed by atoms with Crippen LogP contribution in [0.4, 0.5) is 0 Å². The fourth-order valence-electron chi connectivity index (χ4n) is 1.07. The van der Waals surface area contributed by atoms with E-state index in [0.29, 0.717) is 5.82 Å². The molecule has 0 aromatic carbocycles. The van der Waals surface area contributed by atoms with Gasteiger partial charge in [-0.3, -0.25) is 0 Å². The fourth-order valence-corrected chi connectivity index (χ4v) is 1.28. The molecule has 0 spiro atoms. The number of nitrogens with zero attached hydrogens (tertiary/aromatic N) is 3. The van der Waals surface area contributed by atoms with Gasteiger partial charge in [0, 0.05) is 10.7 Å². The van der Waals surface area contributed by atoms with Gasteiger partial charge in [-0.25, -0.2) is 19.4 Å². The van der Waals surface area contributed by atoms with Gasteiger partial charge in [0.05, 0.1) is 0 Å². The fraction of sp³-hybridized carbons (Fsp3) is 0.125. The van der Waals surface area contributed by atoms with E-state index < -0.39 is 0 Å². The lowest BCUT2D eigenvalue weighted by atomic mass is 10.3. The lowest BCUT2D eigenvalue weighted by Crippen LogP contribution is -2.15. The van der Waals surface area contributed by atoms with E-state index in [2.05, 4.69) is 31.1 Å². The number of rotatable bonds is 1. The Morgan fingerprint density at radius 3 is 2.93 bits per heavy atom. The molecule has 0 saturated carbocycles. The highest BCUT2D eigenvalue weighted by molar-refractivity contribution is 9.10. The predicted octanol–water partition coefficient (Wildman–Crippen LogP) is 1.03. The Kier molecular flexibility index (Phi) is 2.20. The number of H-pyrrole nitrogens is 1. The van der Waals surface area contributed by atoms with Crippen LogP contribution >= 0.6 is 15.9 Å². The van der Waals surface area contributed by atoms with Gasteiger partial charge in [0.15, 0.2) is 0 Å². The molecule has 2 rings (SSSR count). The molecular weight excluding hydrogens is 248 g/mol. The Labute approximate surface area is 87.9 Å². The van der Waals surface area contributed by atoms with Gasteiger partial charge < -0.3 is 0 Å². The van der Waals surface area contributed by atoms with Gasteiger partial charge in [0.2, 0.25) is 0 Å². The summed E-state index contributed by atoms with van der Waals surface area (Å²) in [5.74, 6) is 0.560. The van der Waals surface area contributed by atoms with E-state index in [9.17, 15) is 4.79 Å². The quantitative estimate of drug-likeness (QED) is 0.827. The molecule has 0 saturated heterocycles. The summed E-state index contributed by atoms with van der Waals surface area (Å²) in [6.45, 7) is 1.93. The first-order valence-electron chi connectivity index (χ1n) is 3.93. The summed E-state index contributed by atoms with van der Waals surface area (Å²) in [4.78, 5) is 15.3. The molecule has 0 bridgehead atoms. The third-order valence-electron chi connectivity index (χ3n) is 1.83. The summed E-state index contributed by atoms with van der Waals surface area (Å²) in [6, 6.07) is 1.81. The molecule has 2 heterocycles. The van der Waals surface area contributed by atoms with Crippen molar-refractivity contribution >= 4 is 15.9 Å². The van der Waals surface area contributed by atoms with Gasteiger partial charge in [0.25, 0.3) is 0 Å². The highest BCUT2D eigenvalue weighted by Crippen LogP contribution is 2.15. The van der Waals surface area contributed by atoms with Crippen molar-refractivity contribution in [2.45, 2.75) is 6.92 Å². The maximum absolute atomic E-state index is 11.2. The van der Waals surface area contributed by atoms with Crippen LogP contribution in [-0.4, -0.2) is 19.7 Å². The number of aryl methyl sites for hydroxylation is 1. The average molecular weight is 255 g/mol. The minimum Gasteiger partial charge on any atom is -0.246 e. The topological polar surface area (TPSA) is 63.6 Å². The van der Waals surface area contributed by atoms with Crippen LogP contribution in [0.2, 0.25) is 0 Å². The largest absolute Gasteiger partial charge is 0.348 e. The third kappa shape index (κ3) is 1.48. The highest BCUT2D eigenvalue weighted by Gasteiger charge is 2.03. The van der Waals surface area contributed by atoms with Crippen molar-refractivity contribution in [1.82, 2.24) is 19.7 Å². The molecule has 0 amide bonds. The first-order chi connectivity index (χ1) is 6.68. The van der Waals surface area contributed by atoms with Gasteiger partial charge in [0.1, 0.15) is 12.1 Å². The maximum Gasteiger partial charge on any atom is 0.348 e. The van der Waals surface area contributed by atoms with Crippen molar-refractivity contribution in [3.05, 3.63) is 39.1 Å². The Morgan fingerprint density at radius 1 is 1.57 bits per heavy atom. The van der Waals surface area contributed by atoms with Crippen molar-refractivity contribution in [3.63, 3.8) is 0 Å². The number of hydrogen-bond acceptors (Lipinski definition) is 3. The number of aromatic amines is 1. The standard InChI is InChI=1S/C8H7BrN4O/c1-5-2-7(10-3-6(5)9)13-4-11-12-8(13)14/h2-4H,1H3,(H,12,14). The van der Waals surface area contributed by atoms with Crippen molar-refractivity contribution < 1.29 is 0 Å². The monoisotopic (exact) mass is 254 g/mol. The average Bonchev–Trinajstić information content (AvgIpc) is 2.57. The normalized spacial score (nSPS) is 10.4. The number of halogens is 1. The van der Waals surface area contributed by atoms with E-state index in [1.807, 2.05) is 6.92 Å². The molecule has 6 heteroatoms. The van der Waals surface area contributed by atoms with Crippen molar-refractivity contribution in [2.24, 2.45) is 0 Å². The van der Waals surface area contributed by atoms with Crippen molar-refractivity contribution in [1.29, 1.82) is 0 Å².